The van der Waals surface area contributed by atoms with Crippen LogP contribution in [0.4, 0.5) is 5.69 Å². The van der Waals surface area contributed by atoms with Crippen molar-refractivity contribution in [2.45, 2.75) is 87.5 Å². The van der Waals surface area contributed by atoms with Crippen LogP contribution in [-0.2, 0) is 31.0 Å². The van der Waals surface area contributed by atoms with Crippen molar-refractivity contribution < 1.29 is 23.2 Å². The Labute approximate surface area is 334 Å². The molecule has 2 saturated heterocycles. The first-order valence-electron chi connectivity index (χ1n) is 20.7. The van der Waals surface area contributed by atoms with E-state index in [0.717, 1.165) is 127 Å². The molecule has 300 valence electrons. The van der Waals surface area contributed by atoms with Gasteiger partial charge in [0.15, 0.2) is 0 Å². The molecule has 1 unspecified atom stereocenters. The Morgan fingerprint density at radius 3 is 2.60 bits per heavy atom. The number of piperazine rings is 1. The van der Waals surface area contributed by atoms with Crippen LogP contribution >= 0.6 is 11.6 Å². The van der Waals surface area contributed by atoms with Gasteiger partial charge in [0.05, 0.1) is 22.0 Å². The summed E-state index contributed by atoms with van der Waals surface area (Å²) < 4.78 is 36.2. The van der Waals surface area contributed by atoms with E-state index in [4.69, 9.17) is 25.8 Å². The number of carbonyl (C=O) groups is 1. The van der Waals surface area contributed by atoms with Crippen LogP contribution in [-0.4, -0.2) is 115 Å². The number of amides is 1. The number of fused-ring (bicyclic) bond motifs is 4. The maximum absolute atomic E-state index is 14.1. The molecule has 2 bridgehead atoms. The van der Waals surface area contributed by atoms with Crippen LogP contribution < -0.4 is 14.4 Å². The minimum atomic E-state index is -2.96. The summed E-state index contributed by atoms with van der Waals surface area (Å²) in [7, 11) is -1.05. The number of aryl methyl sites for hydroxylation is 1. The molecule has 4 heterocycles. The number of rotatable bonds is 4. The number of anilines is 1. The lowest BCUT2D eigenvalue weighted by molar-refractivity contribution is -0.0975. The third-order valence-electron chi connectivity index (χ3n) is 14.3. The normalized spacial score (nSPS) is 35.8. The van der Waals surface area contributed by atoms with E-state index in [9.17, 15) is 9.00 Å². The van der Waals surface area contributed by atoms with Crippen molar-refractivity contribution in [3.63, 3.8) is 0 Å². The first-order chi connectivity index (χ1) is 26.5. The first kappa shape index (κ1) is 39.2. The second-order valence-corrected chi connectivity index (χ2v) is 20.4. The number of carbonyl (C=O) groups excluding carboxylic acids is 1. The Balaban J connectivity index is 1.15. The lowest BCUT2D eigenvalue weighted by Crippen LogP contribution is -2.59. The molecule has 0 radical (unpaired) electrons. The molecular formula is C44H61ClN4O5S. The molecule has 3 fully saturated rings. The molecule has 2 aliphatic carbocycles. The second-order valence-electron chi connectivity index (χ2n) is 17.5. The topological polar surface area (TPSA) is 83.6 Å². The average Bonchev–Trinajstić information content (AvgIpc) is 3.32. The van der Waals surface area contributed by atoms with Gasteiger partial charge in [-0.3, -0.25) is 19.3 Å². The fraction of sp³-hybridized carbons (Fsp3) is 0.636. The molecule has 0 aromatic heterocycles. The quantitative estimate of drug-likeness (QED) is 0.283. The van der Waals surface area contributed by atoms with Crippen molar-refractivity contribution in [1.29, 1.82) is 0 Å². The fourth-order valence-corrected chi connectivity index (χ4v) is 12.3. The SMILES string of the molecule is C=S1(=O)NC(=O)c2ccc3c(c2)N(C[C@@H]2CC[C@H]2[C@@](CN2CCN(C4CCOCC4)CC2)(OC)/C=C/C[C@H](C)[C@H]1C)C[C@@]1(CCCc2cc(Cl)ccc21)CO3. The van der Waals surface area contributed by atoms with Crippen molar-refractivity contribution in [2.75, 3.05) is 77.6 Å². The van der Waals surface area contributed by atoms with Crippen molar-refractivity contribution >= 4 is 38.8 Å². The summed E-state index contributed by atoms with van der Waals surface area (Å²) in [5.41, 5.74) is 3.32. The highest BCUT2D eigenvalue weighted by Gasteiger charge is 2.50. The third-order valence-corrected chi connectivity index (χ3v) is 16.8. The molecule has 1 amide bonds. The number of allylic oxidation sites excluding steroid dienone is 1. The van der Waals surface area contributed by atoms with E-state index < -0.39 is 15.3 Å². The largest absolute Gasteiger partial charge is 0.490 e. The molecule has 2 aromatic rings. The smallest absolute Gasteiger partial charge is 0.262 e. The van der Waals surface area contributed by atoms with Crippen molar-refractivity contribution in [1.82, 2.24) is 14.5 Å². The zero-order chi connectivity index (χ0) is 38.4. The number of hydrogen-bond acceptors (Lipinski definition) is 8. The lowest BCUT2D eigenvalue weighted by Gasteiger charge is -2.52. The van der Waals surface area contributed by atoms with Gasteiger partial charge >= 0.3 is 0 Å². The van der Waals surface area contributed by atoms with Crippen molar-refractivity contribution in [3.8, 4) is 5.75 Å². The van der Waals surface area contributed by atoms with Crippen LogP contribution in [0.2, 0.25) is 5.02 Å². The molecule has 55 heavy (non-hydrogen) atoms. The van der Waals surface area contributed by atoms with E-state index >= 15 is 0 Å². The van der Waals surface area contributed by atoms with Gasteiger partial charge in [0.2, 0.25) is 0 Å². The minimum Gasteiger partial charge on any atom is -0.490 e. The summed E-state index contributed by atoms with van der Waals surface area (Å²) in [6, 6.07) is 12.7. The summed E-state index contributed by atoms with van der Waals surface area (Å²) in [5.74, 6) is 5.23. The molecule has 6 aliphatic rings. The number of halogens is 1. The molecule has 1 spiro atoms. The summed E-state index contributed by atoms with van der Waals surface area (Å²) in [5, 5.41) is 0.437. The van der Waals surface area contributed by atoms with Gasteiger partial charge in [-0.2, -0.15) is 0 Å². The number of ether oxygens (including phenoxy) is 3. The average molecular weight is 794 g/mol. The number of methoxy groups -OCH3 is 1. The van der Waals surface area contributed by atoms with E-state index in [0.29, 0.717) is 30.0 Å². The lowest BCUT2D eigenvalue weighted by atomic mass is 9.63. The molecule has 11 heteroatoms. The summed E-state index contributed by atoms with van der Waals surface area (Å²) in [6.45, 7) is 13.0. The van der Waals surface area contributed by atoms with Crippen LogP contribution in [0.25, 0.3) is 0 Å². The number of nitrogens with one attached hydrogen (secondary N) is 1. The van der Waals surface area contributed by atoms with Crippen molar-refractivity contribution in [2.24, 2.45) is 17.8 Å². The van der Waals surface area contributed by atoms with E-state index in [2.05, 4.69) is 56.5 Å². The zero-order valence-corrected chi connectivity index (χ0v) is 34.7. The van der Waals surface area contributed by atoms with Crippen LogP contribution in [0.15, 0.2) is 48.6 Å². The minimum absolute atomic E-state index is 0.0320. The summed E-state index contributed by atoms with van der Waals surface area (Å²) in [6.07, 6.45) is 12.9. The van der Waals surface area contributed by atoms with E-state index in [-0.39, 0.29) is 22.5 Å². The highest BCUT2D eigenvalue weighted by Crippen LogP contribution is 2.49. The molecule has 1 N–H and O–H groups in total. The predicted octanol–water partition coefficient (Wildman–Crippen LogP) is 6.37. The van der Waals surface area contributed by atoms with Gasteiger partial charge in [-0.15, -0.1) is 0 Å². The van der Waals surface area contributed by atoms with Gasteiger partial charge in [0.1, 0.15) is 11.4 Å². The van der Waals surface area contributed by atoms with Crippen LogP contribution in [0.3, 0.4) is 0 Å². The zero-order valence-electron chi connectivity index (χ0n) is 33.1. The number of nitrogens with zero attached hydrogens (tertiary/aromatic N) is 3. The Hall–Kier alpha value is -2.60. The van der Waals surface area contributed by atoms with E-state index in [1.165, 1.54) is 11.1 Å². The predicted molar refractivity (Wildman–Crippen MR) is 223 cm³/mol. The Morgan fingerprint density at radius 1 is 1.05 bits per heavy atom. The molecule has 2 aromatic carbocycles. The van der Waals surface area contributed by atoms with Crippen molar-refractivity contribution in [3.05, 3.63) is 70.3 Å². The van der Waals surface area contributed by atoms with E-state index in [1.807, 2.05) is 32.2 Å². The molecule has 7 atom stereocenters. The number of benzene rings is 2. The first-order valence-corrected chi connectivity index (χ1v) is 22.9. The van der Waals surface area contributed by atoms with E-state index in [1.54, 1.807) is 6.07 Å². The monoisotopic (exact) mass is 792 g/mol. The van der Waals surface area contributed by atoms with Gasteiger partial charge in [-0.05, 0) is 123 Å². The third kappa shape index (κ3) is 7.85. The highest BCUT2D eigenvalue weighted by atomic mass is 35.5. The molecular weight excluding hydrogens is 732 g/mol. The number of hydrogen-bond donors (Lipinski definition) is 1. The Bertz CT molecular complexity index is 1860. The maximum atomic E-state index is 14.1. The molecule has 9 nitrogen and oxygen atoms in total. The highest BCUT2D eigenvalue weighted by molar-refractivity contribution is 7.99. The molecule has 8 rings (SSSR count). The fourth-order valence-electron chi connectivity index (χ4n) is 10.6. The van der Waals surface area contributed by atoms with Crippen LogP contribution in [0.1, 0.15) is 80.3 Å². The van der Waals surface area contributed by atoms with Gasteiger partial charge in [0.25, 0.3) is 5.91 Å². The van der Waals surface area contributed by atoms with Gasteiger partial charge in [-0.1, -0.05) is 36.7 Å². The Morgan fingerprint density at radius 2 is 1.85 bits per heavy atom. The van der Waals surface area contributed by atoms with Gasteiger partial charge < -0.3 is 19.1 Å². The van der Waals surface area contributed by atoms with Crippen LogP contribution in [0.5, 0.6) is 5.75 Å². The second kappa shape index (κ2) is 16.0. The van der Waals surface area contributed by atoms with Crippen LogP contribution in [0, 0.1) is 17.8 Å². The van der Waals surface area contributed by atoms with Gasteiger partial charge in [0, 0.05) is 93.4 Å². The summed E-state index contributed by atoms with van der Waals surface area (Å²) in [4.78, 5) is 21.7. The van der Waals surface area contributed by atoms with Gasteiger partial charge in [-0.25, -0.2) is 4.21 Å². The Kier molecular flexibility index (Phi) is 11.4. The molecule has 4 aliphatic heterocycles. The summed E-state index contributed by atoms with van der Waals surface area (Å²) >= 11 is 6.54. The standard InChI is InChI=1S/C44H61ClN4O5S/c1-31-7-5-18-44(52-3,29-47-19-21-48(22-20-47)37-15-23-53-24-16-37)39-12-9-35(39)27-49-28-43(17-6-8-33-25-36(45)11-13-38(33)43)30-54-41-14-10-34(26-40(41)49)42(50)46-55(4,51)32(31)2/h5,10-11,13-14,18,25-26,31-32,35,37,39H,4,6-9,12,15-17,19-24,27-30H2,1-3H3,(H,46,50,51)/b18-5+/t31-,32+,35-,39+,43-,44+,55?/m0/s1. The molecule has 1 saturated carbocycles. The maximum Gasteiger partial charge on any atom is 0.262 e.